The minimum atomic E-state index is -3.57. The second-order valence-electron chi connectivity index (χ2n) is 7.80. The number of para-hydroxylation sites is 1. The van der Waals surface area contributed by atoms with Crippen LogP contribution in [0.5, 0.6) is 17.2 Å². The standard InChI is InChI=1S/C23H29NO7S/c1-28-19-8-6-5-7-18(19)22(25)24-13-11-23(16-24,12-14-31-32(4,26)27)17-9-10-20(29-2)21(15-17)30-3/h5-10,15H,11-14,16H2,1-4H3/t23-/m1/s1. The average molecular weight is 464 g/mol. The summed E-state index contributed by atoms with van der Waals surface area (Å²) >= 11 is 0. The fourth-order valence-electron chi connectivity index (χ4n) is 4.18. The van der Waals surface area contributed by atoms with Crippen molar-refractivity contribution in [3.63, 3.8) is 0 Å². The van der Waals surface area contributed by atoms with Crippen molar-refractivity contribution in [3.8, 4) is 17.2 Å². The van der Waals surface area contributed by atoms with E-state index in [4.69, 9.17) is 18.4 Å². The molecule has 0 aromatic heterocycles. The molecule has 0 saturated carbocycles. The Bertz CT molecular complexity index is 1070. The fraction of sp³-hybridized carbons (Fsp3) is 0.435. The molecular weight excluding hydrogens is 434 g/mol. The van der Waals surface area contributed by atoms with E-state index >= 15 is 0 Å². The van der Waals surface area contributed by atoms with Gasteiger partial charge in [0.05, 0.1) is 39.8 Å². The molecule has 2 aromatic carbocycles. The van der Waals surface area contributed by atoms with Gasteiger partial charge in [0, 0.05) is 18.5 Å². The number of carbonyl (C=O) groups excluding carboxylic acids is 1. The molecule has 1 aliphatic rings. The van der Waals surface area contributed by atoms with Gasteiger partial charge < -0.3 is 19.1 Å². The van der Waals surface area contributed by atoms with E-state index in [2.05, 4.69) is 0 Å². The molecule has 0 aliphatic carbocycles. The number of rotatable bonds is 9. The van der Waals surface area contributed by atoms with Gasteiger partial charge in [-0.2, -0.15) is 8.42 Å². The molecule has 0 unspecified atom stereocenters. The van der Waals surface area contributed by atoms with Crippen LogP contribution < -0.4 is 14.2 Å². The number of carbonyl (C=O) groups is 1. The summed E-state index contributed by atoms with van der Waals surface area (Å²) in [4.78, 5) is 15.0. The van der Waals surface area contributed by atoms with E-state index in [-0.39, 0.29) is 12.5 Å². The molecule has 3 rings (SSSR count). The summed E-state index contributed by atoms with van der Waals surface area (Å²) in [6, 6.07) is 12.7. The Kier molecular flexibility index (Phi) is 7.30. The smallest absolute Gasteiger partial charge is 0.264 e. The van der Waals surface area contributed by atoms with E-state index in [9.17, 15) is 13.2 Å². The topological polar surface area (TPSA) is 91.4 Å². The van der Waals surface area contributed by atoms with E-state index in [1.165, 1.54) is 7.11 Å². The molecule has 1 fully saturated rings. The van der Waals surface area contributed by atoms with Gasteiger partial charge in [0.1, 0.15) is 5.75 Å². The summed E-state index contributed by atoms with van der Waals surface area (Å²) in [7, 11) is 1.09. The predicted molar refractivity (Wildman–Crippen MR) is 120 cm³/mol. The third-order valence-electron chi connectivity index (χ3n) is 5.85. The summed E-state index contributed by atoms with van der Waals surface area (Å²) in [5.74, 6) is 1.55. The van der Waals surface area contributed by atoms with Crippen LogP contribution in [0.1, 0.15) is 28.8 Å². The first-order valence-corrected chi connectivity index (χ1v) is 12.0. The van der Waals surface area contributed by atoms with E-state index in [1.807, 2.05) is 24.3 Å². The first-order chi connectivity index (χ1) is 15.2. The number of hydrogen-bond donors (Lipinski definition) is 0. The number of hydrogen-bond acceptors (Lipinski definition) is 7. The molecule has 1 heterocycles. The van der Waals surface area contributed by atoms with Crippen molar-refractivity contribution >= 4 is 16.0 Å². The van der Waals surface area contributed by atoms with Crippen molar-refractivity contribution in [1.29, 1.82) is 0 Å². The number of nitrogens with zero attached hydrogens (tertiary/aromatic N) is 1. The summed E-state index contributed by atoms with van der Waals surface area (Å²) in [5, 5.41) is 0. The van der Waals surface area contributed by atoms with Crippen LogP contribution in [0.2, 0.25) is 0 Å². The molecule has 0 bridgehead atoms. The lowest BCUT2D eigenvalue weighted by molar-refractivity contribution is 0.0777. The number of methoxy groups -OCH3 is 3. The second kappa shape index (κ2) is 9.79. The van der Waals surface area contributed by atoms with Gasteiger partial charge in [0.2, 0.25) is 0 Å². The molecule has 9 heteroatoms. The highest BCUT2D eigenvalue weighted by Gasteiger charge is 2.42. The van der Waals surface area contributed by atoms with Crippen molar-refractivity contribution in [2.45, 2.75) is 18.3 Å². The first kappa shape index (κ1) is 23.9. The molecule has 0 N–H and O–H groups in total. The van der Waals surface area contributed by atoms with Crippen LogP contribution in [-0.2, 0) is 19.7 Å². The highest BCUT2D eigenvalue weighted by atomic mass is 32.2. The van der Waals surface area contributed by atoms with Crippen molar-refractivity contribution < 1.29 is 31.6 Å². The maximum atomic E-state index is 13.3. The minimum absolute atomic E-state index is 0.0177. The molecule has 0 spiro atoms. The number of benzene rings is 2. The molecule has 0 radical (unpaired) electrons. The van der Waals surface area contributed by atoms with Gasteiger partial charge in [-0.25, -0.2) is 0 Å². The zero-order valence-electron chi connectivity index (χ0n) is 18.8. The SMILES string of the molecule is COc1ccc([C@@]2(CCOS(C)(=O)=O)CCN(C(=O)c3ccccc3OC)C2)cc1OC. The van der Waals surface area contributed by atoms with E-state index in [0.29, 0.717) is 48.7 Å². The Morgan fingerprint density at radius 1 is 1.00 bits per heavy atom. The molecule has 32 heavy (non-hydrogen) atoms. The number of amides is 1. The zero-order chi connectivity index (χ0) is 23.4. The monoisotopic (exact) mass is 463 g/mol. The van der Waals surface area contributed by atoms with Gasteiger partial charge in [0.25, 0.3) is 16.0 Å². The Balaban J connectivity index is 1.93. The van der Waals surface area contributed by atoms with Gasteiger partial charge in [-0.15, -0.1) is 0 Å². The quantitative estimate of drug-likeness (QED) is 0.528. The summed E-state index contributed by atoms with van der Waals surface area (Å²) in [6.45, 7) is 0.945. The highest BCUT2D eigenvalue weighted by molar-refractivity contribution is 7.85. The third kappa shape index (κ3) is 5.16. The maximum Gasteiger partial charge on any atom is 0.264 e. The van der Waals surface area contributed by atoms with Crippen LogP contribution in [0, 0.1) is 0 Å². The van der Waals surface area contributed by atoms with Crippen LogP contribution in [0.15, 0.2) is 42.5 Å². The molecule has 1 amide bonds. The summed E-state index contributed by atoms with van der Waals surface area (Å²) in [6.07, 6.45) is 2.10. The summed E-state index contributed by atoms with van der Waals surface area (Å²) < 4.78 is 44.3. The lowest BCUT2D eigenvalue weighted by Crippen LogP contribution is -2.35. The van der Waals surface area contributed by atoms with Gasteiger partial charge in [-0.1, -0.05) is 18.2 Å². The zero-order valence-corrected chi connectivity index (χ0v) is 19.6. The Hall–Kier alpha value is -2.78. The van der Waals surface area contributed by atoms with Crippen molar-refractivity contribution in [1.82, 2.24) is 4.90 Å². The van der Waals surface area contributed by atoms with Crippen molar-refractivity contribution in [3.05, 3.63) is 53.6 Å². The number of ether oxygens (including phenoxy) is 3. The van der Waals surface area contributed by atoms with E-state index in [1.54, 1.807) is 37.3 Å². The van der Waals surface area contributed by atoms with Crippen LogP contribution in [0.25, 0.3) is 0 Å². The molecule has 1 saturated heterocycles. The second-order valence-corrected chi connectivity index (χ2v) is 9.45. The van der Waals surface area contributed by atoms with Crippen molar-refractivity contribution in [2.24, 2.45) is 0 Å². The van der Waals surface area contributed by atoms with Crippen LogP contribution in [0.4, 0.5) is 0 Å². The lowest BCUT2D eigenvalue weighted by atomic mass is 9.77. The van der Waals surface area contributed by atoms with Crippen LogP contribution >= 0.6 is 0 Å². The summed E-state index contributed by atoms with van der Waals surface area (Å²) in [5.41, 5.74) is 0.926. The highest BCUT2D eigenvalue weighted by Crippen LogP contribution is 2.42. The fourth-order valence-corrected chi connectivity index (χ4v) is 4.56. The Morgan fingerprint density at radius 2 is 1.69 bits per heavy atom. The number of likely N-dealkylation sites (tertiary alicyclic amines) is 1. The van der Waals surface area contributed by atoms with Crippen molar-refractivity contribution in [2.75, 3.05) is 47.3 Å². The average Bonchev–Trinajstić information content (AvgIpc) is 3.22. The lowest BCUT2D eigenvalue weighted by Gasteiger charge is -2.30. The van der Waals surface area contributed by atoms with Gasteiger partial charge in [-0.3, -0.25) is 8.98 Å². The molecule has 1 aliphatic heterocycles. The molecule has 2 aromatic rings. The van der Waals surface area contributed by atoms with Crippen LogP contribution in [-0.4, -0.2) is 66.5 Å². The Labute approximate surface area is 189 Å². The third-order valence-corrected chi connectivity index (χ3v) is 6.45. The molecular formula is C23H29NO7S. The van der Waals surface area contributed by atoms with Gasteiger partial charge in [0.15, 0.2) is 11.5 Å². The molecule has 174 valence electrons. The molecule has 1 atom stereocenters. The predicted octanol–water partition coefficient (Wildman–Crippen LogP) is 2.86. The Morgan fingerprint density at radius 3 is 2.34 bits per heavy atom. The minimum Gasteiger partial charge on any atom is -0.496 e. The largest absolute Gasteiger partial charge is 0.496 e. The first-order valence-electron chi connectivity index (χ1n) is 10.2. The molecule has 8 nitrogen and oxygen atoms in total. The van der Waals surface area contributed by atoms with E-state index < -0.39 is 15.5 Å². The van der Waals surface area contributed by atoms with Gasteiger partial charge >= 0.3 is 0 Å². The normalized spacial score (nSPS) is 18.4. The van der Waals surface area contributed by atoms with Crippen LogP contribution in [0.3, 0.4) is 0 Å². The van der Waals surface area contributed by atoms with Gasteiger partial charge in [-0.05, 0) is 42.7 Å². The van der Waals surface area contributed by atoms with E-state index in [0.717, 1.165) is 11.8 Å². The maximum absolute atomic E-state index is 13.3.